The molecule has 0 saturated heterocycles. The first kappa shape index (κ1) is 42.5. The van der Waals surface area contributed by atoms with Gasteiger partial charge in [0.05, 0.1) is 16.6 Å². The number of rotatable bonds is 7. The number of pyridine rings is 1. The average molecular weight is 968 g/mol. The van der Waals surface area contributed by atoms with Gasteiger partial charge in [-0.25, -0.2) is 4.98 Å². The number of hydrogen-bond donors (Lipinski definition) is 1. The van der Waals surface area contributed by atoms with Gasteiger partial charge >= 0.3 is 0 Å². The van der Waals surface area contributed by atoms with E-state index >= 15 is 0 Å². The van der Waals surface area contributed by atoms with E-state index in [0.29, 0.717) is 11.4 Å². The van der Waals surface area contributed by atoms with Crippen LogP contribution in [0.25, 0.3) is 61.6 Å². The van der Waals surface area contributed by atoms with Crippen LogP contribution in [0, 0.1) is 6.07 Å². The minimum atomic E-state index is -0.300. The van der Waals surface area contributed by atoms with E-state index in [9.17, 15) is 5.11 Å². The molecule has 60 heavy (non-hydrogen) atoms. The Morgan fingerprint density at radius 3 is 1.83 bits per heavy atom. The van der Waals surface area contributed by atoms with Crippen molar-refractivity contribution >= 4 is 11.0 Å². The molecule has 2 heterocycles. The molecule has 0 atom stereocenters. The summed E-state index contributed by atoms with van der Waals surface area (Å²) in [5.74, 6) is 0.957. The van der Waals surface area contributed by atoms with Crippen LogP contribution in [0.3, 0.4) is 0 Å². The summed E-state index contributed by atoms with van der Waals surface area (Å²) in [5, 5.41) is 12.3. The molecule has 0 saturated carbocycles. The van der Waals surface area contributed by atoms with Gasteiger partial charge in [0.15, 0.2) is 0 Å². The van der Waals surface area contributed by atoms with Crippen molar-refractivity contribution in [3.8, 4) is 56.3 Å². The quantitative estimate of drug-likeness (QED) is 0.162. The molecule has 4 nitrogen and oxygen atoms in total. The molecule has 0 radical (unpaired) electrons. The van der Waals surface area contributed by atoms with Gasteiger partial charge in [0.2, 0.25) is 0 Å². The Kier molecular flexibility index (Phi) is 11.7. The third kappa shape index (κ3) is 8.68. The first-order valence-electron chi connectivity index (χ1n) is 20.7. The van der Waals surface area contributed by atoms with Crippen LogP contribution < -0.4 is 0 Å². The van der Waals surface area contributed by atoms with Crippen LogP contribution in [0.4, 0.5) is 0 Å². The van der Waals surface area contributed by atoms with Gasteiger partial charge in [-0.15, -0.1) is 29.3 Å². The van der Waals surface area contributed by atoms with Crippen molar-refractivity contribution in [1.29, 1.82) is 0 Å². The maximum atomic E-state index is 12.3. The summed E-state index contributed by atoms with van der Waals surface area (Å²) in [6.45, 7) is 19.9. The van der Waals surface area contributed by atoms with Crippen molar-refractivity contribution in [1.82, 2.24) is 14.5 Å². The molecule has 0 spiro atoms. The second kappa shape index (κ2) is 16.5. The molecule has 306 valence electrons. The summed E-state index contributed by atoms with van der Waals surface area (Å²) in [4.78, 5) is 10.4. The fourth-order valence-electron chi connectivity index (χ4n) is 7.84. The molecular formula is C55H54N3OPt-. The molecule has 0 amide bonds. The fraction of sp³-hybridized carbons (Fsp3) is 0.236. The number of nitrogens with zero attached hydrogens (tertiary/aromatic N) is 3. The number of imidazole rings is 1. The topological polar surface area (TPSA) is 50.9 Å². The predicted octanol–water partition coefficient (Wildman–Crippen LogP) is 14.1. The van der Waals surface area contributed by atoms with E-state index in [1.54, 1.807) is 0 Å². The second-order valence-electron chi connectivity index (χ2n) is 18.9. The number of aromatic nitrogens is 3. The molecule has 1 N–H and O–H groups in total. The molecule has 2 aromatic heterocycles. The Morgan fingerprint density at radius 1 is 0.567 bits per heavy atom. The molecule has 6 aromatic carbocycles. The minimum absolute atomic E-state index is 0. The van der Waals surface area contributed by atoms with Gasteiger partial charge in [-0.1, -0.05) is 171 Å². The first-order valence-corrected chi connectivity index (χ1v) is 20.7. The Hall–Kier alpha value is -5.57. The molecule has 8 rings (SSSR count). The van der Waals surface area contributed by atoms with Gasteiger partial charge in [-0.2, -0.15) is 0 Å². The van der Waals surface area contributed by atoms with E-state index in [1.165, 1.54) is 16.7 Å². The third-order valence-corrected chi connectivity index (χ3v) is 11.3. The zero-order valence-corrected chi connectivity index (χ0v) is 38.4. The molecule has 0 bridgehead atoms. The molecule has 5 heteroatoms. The van der Waals surface area contributed by atoms with Crippen LogP contribution in [0.15, 0.2) is 146 Å². The number of phenols is 1. The smallest absolute Gasteiger partial charge is 0.148 e. The monoisotopic (exact) mass is 967 g/mol. The van der Waals surface area contributed by atoms with Crippen LogP contribution in [-0.2, 0) is 43.7 Å². The second-order valence-corrected chi connectivity index (χ2v) is 18.9. The van der Waals surface area contributed by atoms with E-state index in [4.69, 9.17) is 9.97 Å². The van der Waals surface area contributed by atoms with Gasteiger partial charge < -0.3 is 5.11 Å². The standard InChI is InChI=1S/C55H54N3O.Pt/c1-53(2,3)42-31-40(30-41(32-42)48-33-39(27-28-56-48)38-19-14-11-15-20-38)45-21-16-22-49-50(45)57-52(46-34-43(54(4,5)6)35-47(51(46)59)55(7,8)9)58(49)44-25-23-37(24-26-44)29-36-17-12-10-13-18-36;/h10-28,31-35,59H,29H2,1-9H3;/q-1;. The van der Waals surface area contributed by atoms with Crippen molar-refractivity contribution in [3.05, 3.63) is 180 Å². The molecule has 0 unspecified atom stereocenters. The third-order valence-electron chi connectivity index (χ3n) is 11.3. The maximum absolute atomic E-state index is 12.3. The van der Waals surface area contributed by atoms with Gasteiger partial charge in [0, 0.05) is 44.2 Å². The summed E-state index contributed by atoms with van der Waals surface area (Å²) >= 11 is 0. The zero-order valence-electron chi connectivity index (χ0n) is 36.2. The normalized spacial score (nSPS) is 12.1. The largest absolute Gasteiger partial charge is 0.507 e. The van der Waals surface area contributed by atoms with Crippen molar-refractivity contribution in [2.45, 2.75) is 85.0 Å². The van der Waals surface area contributed by atoms with Gasteiger partial charge in [0.1, 0.15) is 11.6 Å². The fourth-order valence-corrected chi connectivity index (χ4v) is 7.84. The molecule has 8 aromatic rings. The first-order chi connectivity index (χ1) is 28.0. The summed E-state index contributed by atoms with van der Waals surface area (Å²) in [5.41, 5.74) is 14.6. The zero-order chi connectivity index (χ0) is 41.7. The van der Waals surface area contributed by atoms with E-state index in [2.05, 4.69) is 206 Å². The van der Waals surface area contributed by atoms with Crippen LogP contribution in [0.5, 0.6) is 5.75 Å². The van der Waals surface area contributed by atoms with Crippen molar-refractivity contribution in [2.75, 3.05) is 0 Å². The van der Waals surface area contributed by atoms with Gasteiger partial charge in [-0.3, -0.25) is 9.55 Å². The molecule has 0 aliphatic carbocycles. The number of fused-ring (bicyclic) bond motifs is 1. The summed E-state index contributed by atoms with van der Waals surface area (Å²) in [6, 6.07) is 53.0. The molecule has 0 aliphatic rings. The Bertz CT molecular complexity index is 2780. The average Bonchev–Trinajstić information content (AvgIpc) is 3.60. The Labute approximate surface area is 370 Å². The number of benzene rings is 6. The van der Waals surface area contributed by atoms with Crippen LogP contribution in [-0.4, -0.2) is 19.6 Å². The van der Waals surface area contributed by atoms with Crippen molar-refractivity contribution in [2.24, 2.45) is 0 Å². The SMILES string of the molecule is CC(C)(C)c1cc(-c2cc(-c3ccccc3)ccn2)[c-]c(-c2cccc3c2nc(-c2cc(C(C)(C)C)cc(C(C)(C)C)c2O)n3-c2ccc(Cc3ccccc3)cc2)c1.[Pt]. The Morgan fingerprint density at radius 2 is 1.18 bits per heavy atom. The van der Waals surface area contributed by atoms with Crippen LogP contribution >= 0.6 is 0 Å². The van der Waals surface area contributed by atoms with Crippen LogP contribution in [0.2, 0.25) is 0 Å². The van der Waals surface area contributed by atoms with E-state index in [1.807, 2.05) is 12.3 Å². The number of aromatic hydroxyl groups is 1. The number of phenolic OH excluding ortho intramolecular Hbond substituents is 1. The van der Waals surface area contributed by atoms with E-state index in [0.717, 1.165) is 67.8 Å². The molecular weight excluding hydrogens is 914 g/mol. The number of hydrogen-bond acceptors (Lipinski definition) is 3. The van der Waals surface area contributed by atoms with Gasteiger partial charge in [-0.05, 0) is 80.8 Å². The molecule has 0 fully saturated rings. The minimum Gasteiger partial charge on any atom is -0.507 e. The van der Waals surface area contributed by atoms with Crippen LogP contribution in [0.1, 0.15) is 90.1 Å². The van der Waals surface area contributed by atoms with Crippen molar-refractivity contribution in [3.63, 3.8) is 0 Å². The van der Waals surface area contributed by atoms with E-state index < -0.39 is 0 Å². The Balaban J connectivity index is 0.00000544. The molecule has 0 aliphatic heterocycles. The predicted molar refractivity (Wildman–Crippen MR) is 246 cm³/mol. The maximum Gasteiger partial charge on any atom is 0.148 e. The van der Waals surface area contributed by atoms with Crippen molar-refractivity contribution < 1.29 is 26.2 Å². The number of para-hydroxylation sites is 1. The summed E-state index contributed by atoms with van der Waals surface area (Å²) in [6.07, 6.45) is 2.73. The summed E-state index contributed by atoms with van der Waals surface area (Å²) < 4.78 is 2.22. The van der Waals surface area contributed by atoms with Gasteiger partial charge in [0.25, 0.3) is 0 Å². The summed E-state index contributed by atoms with van der Waals surface area (Å²) in [7, 11) is 0. The van der Waals surface area contributed by atoms with E-state index in [-0.39, 0.29) is 43.1 Å².